The van der Waals surface area contributed by atoms with Gasteiger partial charge in [-0.05, 0) is 55.7 Å². The molecule has 3 aromatic rings. The fraction of sp³-hybridized carbons (Fsp3) is 0.412. The quantitative estimate of drug-likeness (QED) is 0.0832. The number of benzene rings is 2. The fourth-order valence-electron chi connectivity index (χ4n) is 4.96. The first-order chi connectivity index (χ1) is 21.4. The van der Waals surface area contributed by atoms with Crippen LogP contribution in [0, 0.1) is 0 Å². The number of carboxylic acids is 1. The van der Waals surface area contributed by atoms with Crippen LogP contribution in [0.15, 0.2) is 59.6 Å². The maximum atomic E-state index is 13.4. The van der Waals surface area contributed by atoms with Crippen molar-refractivity contribution in [2.24, 2.45) is 0 Å². The van der Waals surface area contributed by atoms with Crippen molar-refractivity contribution in [3.8, 4) is 22.7 Å². The van der Waals surface area contributed by atoms with Crippen LogP contribution in [0.2, 0.25) is 5.02 Å². The summed E-state index contributed by atoms with van der Waals surface area (Å²) in [4.78, 5) is 26.3. The lowest BCUT2D eigenvalue weighted by Gasteiger charge is -2.14. The topological polar surface area (TPSA) is 84.7 Å². The van der Waals surface area contributed by atoms with E-state index in [9.17, 15) is 9.59 Å². The third-order valence-electron chi connectivity index (χ3n) is 7.41. The average molecular weight is 654 g/mol. The van der Waals surface area contributed by atoms with Crippen molar-refractivity contribution < 1.29 is 19.4 Å². The van der Waals surface area contributed by atoms with Crippen LogP contribution in [0.3, 0.4) is 0 Å². The maximum Gasteiger partial charge on any atom is 0.303 e. The molecule has 1 aromatic heterocycles. The van der Waals surface area contributed by atoms with Crippen LogP contribution in [0.5, 0.6) is 5.75 Å². The number of carbonyl (C=O) groups excluding carboxylic acids is 1. The van der Waals surface area contributed by atoms with E-state index in [1.807, 2.05) is 65.5 Å². The standard InChI is InChI=1S/C34H40ClN3O4S2/c1-2-3-21-42-29-19-18-25(22-28(29)35)32-26(24-38(36-32)27-15-11-10-12-16-27)23-30-33(41)37(34(43)44-30)20-14-9-7-5-4-6-8-13-17-31(39)40/h10-12,15-16,18-19,22-24H,2-9,13-14,17,20-21H2,1H3,(H,39,40)/b30-23-. The molecular weight excluding hydrogens is 614 g/mol. The van der Waals surface area contributed by atoms with E-state index in [1.165, 1.54) is 11.8 Å². The van der Waals surface area contributed by atoms with Crippen LogP contribution in [-0.2, 0) is 9.59 Å². The molecule has 10 heteroatoms. The molecule has 2 heterocycles. The number of para-hydroxylation sites is 1. The molecular formula is C34H40ClN3O4S2. The van der Waals surface area contributed by atoms with E-state index in [-0.39, 0.29) is 12.3 Å². The summed E-state index contributed by atoms with van der Waals surface area (Å²) < 4.78 is 8.23. The molecule has 1 N–H and O–H groups in total. The third kappa shape index (κ3) is 9.68. The predicted octanol–water partition coefficient (Wildman–Crippen LogP) is 9.17. The van der Waals surface area contributed by atoms with Gasteiger partial charge in [-0.1, -0.05) is 106 Å². The maximum absolute atomic E-state index is 13.4. The number of amides is 1. The number of thioether (sulfide) groups is 1. The van der Waals surface area contributed by atoms with Gasteiger partial charge in [0.2, 0.25) is 0 Å². The van der Waals surface area contributed by atoms with Gasteiger partial charge in [-0.3, -0.25) is 14.5 Å². The van der Waals surface area contributed by atoms with Crippen LogP contribution in [0.4, 0.5) is 0 Å². The van der Waals surface area contributed by atoms with E-state index >= 15 is 0 Å². The number of aromatic nitrogens is 2. The van der Waals surface area contributed by atoms with Crippen LogP contribution in [0.1, 0.15) is 83.1 Å². The first-order valence-corrected chi connectivity index (χ1v) is 17.0. The van der Waals surface area contributed by atoms with Crippen LogP contribution in [0.25, 0.3) is 23.0 Å². The number of hydrogen-bond donors (Lipinski definition) is 1. The van der Waals surface area contributed by atoms with Crippen LogP contribution in [-0.4, -0.2) is 49.1 Å². The Balaban J connectivity index is 1.42. The number of aliphatic carboxylic acids is 1. The molecule has 4 rings (SSSR count). The highest BCUT2D eigenvalue weighted by atomic mass is 35.5. The SMILES string of the molecule is CCCCOc1ccc(-c2nn(-c3ccccc3)cc2/C=C2\SC(=S)N(CCCCCCCCCCC(=O)O)C2=O)cc1Cl. The number of unbranched alkanes of at least 4 members (excludes halogenated alkanes) is 8. The Morgan fingerprint density at radius 3 is 2.41 bits per heavy atom. The molecule has 1 saturated heterocycles. The molecule has 0 saturated carbocycles. The van der Waals surface area contributed by atoms with Gasteiger partial charge in [0.25, 0.3) is 5.91 Å². The number of thiocarbonyl (C=S) groups is 1. The molecule has 2 aromatic carbocycles. The van der Waals surface area contributed by atoms with Gasteiger partial charge in [-0.2, -0.15) is 5.10 Å². The highest BCUT2D eigenvalue weighted by Gasteiger charge is 2.32. The van der Waals surface area contributed by atoms with Crippen molar-refractivity contribution in [2.75, 3.05) is 13.2 Å². The molecule has 0 atom stereocenters. The van der Waals surface area contributed by atoms with Gasteiger partial charge in [0, 0.05) is 30.3 Å². The second-order valence-electron chi connectivity index (χ2n) is 10.9. The third-order valence-corrected chi connectivity index (χ3v) is 9.08. The second-order valence-corrected chi connectivity index (χ2v) is 12.9. The van der Waals surface area contributed by atoms with Crippen molar-refractivity contribution in [3.05, 3.63) is 70.2 Å². The molecule has 1 amide bonds. The van der Waals surface area contributed by atoms with E-state index in [1.54, 1.807) is 4.90 Å². The van der Waals surface area contributed by atoms with Gasteiger partial charge in [0.05, 0.1) is 22.2 Å². The Hall–Kier alpha value is -3.14. The van der Waals surface area contributed by atoms with E-state index in [0.29, 0.717) is 38.8 Å². The molecule has 0 radical (unpaired) electrons. The van der Waals surface area contributed by atoms with Gasteiger partial charge in [-0.25, -0.2) is 4.68 Å². The molecule has 0 spiro atoms. The van der Waals surface area contributed by atoms with Gasteiger partial charge in [0.1, 0.15) is 15.8 Å². The van der Waals surface area contributed by atoms with Crippen molar-refractivity contribution in [3.63, 3.8) is 0 Å². The minimum absolute atomic E-state index is 0.0745. The van der Waals surface area contributed by atoms with Gasteiger partial charge in [0.15, 0.2) is 0 Å². The summed E-state index contributed by atoms with van der Waals surface area (Å²) >= 11 is 13.5. The van der Waals surface area contributed by atoms with Crippen LogP contribution >= 0.6 is 35.6 Å². The van der Waals surface area contributed by atoms with Crippen molar-refractivity contribution in [1.82, 2.24) is 14.7 Å². The summed E-state index contributed by atoms with van der Waals surface area (Å²) in [6.45, 7) is 3.33. The minimum atomic E-state index is -0.721. The van der Waals surface area contributed by atoms with Crippen LogP contribution < -0.4 is 4.74 Å². The Bertz CT molecular complexity index is 1460. The summed E-state index contributed by atoms with van der Waals surface area (Å²) in [7, 11) is 0. The number of carboxylic acid groups (broad SMARTS) is 1. The molecule has 1 aliphatic heterocycles. The fourth-order valence-corrected chi connectivity index (χ4v) is 6.50. The summed E-state index contributed by atoms with van der Waals surface area (Å²) in [6, 6.07) is 15.5. The number of rotatable bonds is 18. The van der Waals surface area contributed by atoms with E-state index in [2.05, 4.69) is 6.92 Å². The lowest BCUT2D eigenvalue weighted by molar-refractivity contribution is -0.137. The zero-order valence-electron chi connectivity index (χ0n) is 25.2. The number of carbonyl (C=O) groups is 2. The zero-order chi connectivity index (χ0) is 31.3. The minimum Gasteiger partial charge on any atom is -0.492 e. The van der Waals surface area contributed by atoms with Crippen molar-refractivity contribution in [2.45, 2.75) is 77.6 Å². The molecule has 1 aliphatic rings. The normalized spacial score (nSPS) is 14.1. The molecule has 7 nitrogen and oxygen atoms in total. The first kappa shape index (κ1) is 33.7. The number of nitrogens with zero attached hydrogens (tertiary/aromatic N) is 3. The number of hydrogen-bond acceptors (Lipinski definition) is 6. The Labute approximate surface area is 274 Å². The Morgan fingerprint density at radius 1 is 1.02 bits per heavy atom. The van der Waals surface area contributed by atoms with E-state index in [4.69, 9.17) is 38.8 Å². The summed E-state index contributed by atoms with van der Waals surface area (Å²) in [5.74, 6) is -0.152. The molecule has 1 fully saturated rings. The smallest absolute Gasteiger partial charge is 0.303 e. The lowest BCUT2D eigenvalue weighted by atomic mass is 10.1. The predicted molar refractivity (Wildman–Crippen MR) is 183 cm³/mol. The van der Waals surface area contributed by atoms with Gasteiger partial charge >= 0.3 is 5.97 Å². The van der Waals surface area contributed by atoms with Gasteiger partial charge < -0.3 is 9.84 Å². The monoisotopic (exact) mass is 653 g/mol. The summed E-state index contributed by atoms with van der Waals surface area (Å²) in [5, 5.41) is 14.1. The second kappa shape index (κ2) is 17.4. The van der Waals surface area contributed by atoms with Crippen molar-refractivity contribution in [1.29, 1.82) is 0 Å². The summed E-state index contributed by atoms with van der Waals surface area (Å²) in [5.41, 5.74) is 3.25. The lowest BCUT2D eigenvalue weighted by Crippen LogP contribution is -2.29. The molecule has 0 unspecified atom stereocenters. The highest BCUT2D eigenvalue weighted by molar-refractivity contribution is 8.26. The molecule has 0 bridgehead atoms. The Morgan fingerprint density at radius 2 is 1.73 bits per heavy atom. The first-order valence-electron chi connectivity index (χ1n) is 15.4. The molecule has 0 aliphatic carbocycles. The average Bonchev–Trinajstić information content (AvgIpc) is 3.55. The summed E-state index contributed by atoms with van der Waals surface area (Å²) in [6.07, 6.45) is 14.1. The zero-order valence-corrected chi connectivity index (χ0v) is 27.6. The Kier molecular flexibility index (Phi) is 13.3. The molecule has 234 valence electrons. The number of halogens is 1. The van der Waals surface area contributed by atoms with E-state index < -0.39 is 5.97 Å². The largest absolute Gasteiger partial charge is 0.492 e. The molecule has 44 heavy (non-hydrogen) atoms. The number of ether oxygens (including phenoxy) is 1. The van der Waals surface area contributed by atoms with Crippen molar-refractivity contribution >= 4 is 57.9 Å². The highest BCUT2D eigenvalue weighted by Crippen LogP contribution is 2.37. The van der Waals surface area contributed by atoms with E-state index in [0.717, 1.165) is 81.0 Å². The van der Waals surface area contributed by atoms with Gasteiger partial charge in [-0.15, -0.1) is 0 Å².